The van der Waals surface area contributed by atoms with Crippen molar-refractivity contribution in [3.8, 4) is 11.5 Å². The number of nitrogens with zero attached hydrogens (tertiary/aromatic N) is 1. The van der Waals surface area contributed by atoms with E-state index >= 15 is 0 Å². The summed E-state index contributed by atoms with van der Waals surface area (Å²) in [5, 5.41) is 0. The lowest BCUT2D eigenvalue weighted by Crippen LogP contribution is -2.16. The minimum absolute atomic E-state index is 0.0877. The molecule has 0 N–H and O–H groups in total. The second-order valence-corrected chi connectivity index (χ2v) is 6.49. The number of aryl methyl sites for hydroxylation is 3. The van der Waals surface area contributed by atoms with Crippen molar-refractivity contribution in [2.75, 3.05) is 6.61 Å². The number of hydrogen-bond donors (Lipinski definition) is 0. The second-order valence-electron chi connectivity index (χ2n) is 6.49. The predicted octanol–water partition coefficient (Wildman–Crippen LogP) is 4.81. The first-order valence-corrected chi connectivity index (χ1v) is 9.38. The summed E-state index contributed by atoms with van der Waals surface area (Å²) in [5.41, 5.74) is 3.49. The summed E-state index contributed by atoms with van der Waals surface area (Å²) in [5.74, 6) is -0.176. The minimum atomic E-state index is -0.665. The van der Waals surface area contributed by atoms with Crippen molar-refractivity contribution in [3.63, 3.8) is 0 Å². The van der Waals surface area contributed by atoms with E-state index in [-0.39, 0.29) is 18.1 Å². The maximum absolute atomic E-state index is 12.6. The molecule has 0 saturated heterocycles. The topological polar surface area (TPSA) is 69.4 Å². The van der Waals surface area contributed by atoms with E-state index in [0.29, 0.717) is 17.2 Å². The molecule has 0 spiro atoms. The van der Waals surface area contributed by atoms with Gasteiger partial charge in [0.15, 0.2) is 12.3 Å². The van der Waals surface area contributed by atoms with Crippen LogP contribution in [-0.4, -0.2) is 23.3 Å². The SMILES string of the molecule is CCc1ccc(CC)c(C(=O)COC(=O)c2nc(-c3ccccc3)oc2C)c1. The highest BCUT2D eigenvalue weighted by molar-refractivity contribution is 6.00. The lowest BCUT2D eigenvalue weighted by Gasteiger charge is -2.09. The van der Waals surface area contributed by atoms with Crippen molar-refractivity contribution < 1.29 is 18.7 Å². The molecule has 144 valence electrons. The number of oxazole rings is 1. The first-order valence-electron chi connectivity index (χ1n) is 9.38. The van der Waals surface area contributed by atoms with Gasteiger partial charge in [-0.05, 0) is 49.1 Å². The Labute approximate surface area is 164 Å². The van der Waals surface area contributed by atoms with E-state index in [0.717, 1.165) is 29.5 Å². The molecule has 0 aliphatic rings. The van der Waals surface area contributed by atoms with E-state index in [1.165, 1.54) is 0 Å². The fourth-order valence-corrected chi connectivity index (χ4v) is 2.98. The molecule has 5 heteroatoms. The molecule has 0 aliphatic heterocycles. The van der Waals surface area contributed by atoms with Crippen LogP contribution >= 0.6 is 0 Å². The van der Waals surface area contributed by atoms with E-state index in [1.807, 2.05) is 62.4 Å². The van der Waals surface area contributed by atoms with Gasteiger partial charge in [-0.15, -0.1) is 0 Å². The van der Waals surface area contributed by atoms with Gasteiger partial charge in [-0.3, -0.25) is 4.79 Å². The molecule has 0 amide bonds. The molecular formula is C23H23NO4. The molecule has 28 heavy (non-hydrogen) atoms. The summed E-state index contributed by atoms with van der Waals surface area (Å²) in [7, 11) is 0. The zero-order valence-electron chi connectivity index (χ0n) is 16.3. The quantitative estimate of drug-likeness (QED) is 0.436. The van der Waals surface area contributed by atoms with Crippen LogP contribution in [0, 0.1) is 6.92 Å². The average Bonchev–Trinajstić information content (AvgIpc) is 3.13. The number of hydrogen-bond acceptors (Lipinski definition) is 5. The highest BCUT2D eigenvalue weighted by Crippen LogP contribution is 2.22. The summed E-state index contributed by atoms with van der Waals surface area (Å²) in [6.45, 7) is 5.35. The fraction of sp³-hybridized carbons (Fsp3) is 0.261. The molecule has 0 saturated carbocycles. The van der Waals surface area contributed by atoms with Crippen molar-refractivity contribution in [2.45, 2.75) is 33.6 Å². The molecule has 0 atom stereocenters. The first-order chi connectivity index (χ1) is 13.5. The van der Waals surface area contributed by atoms with Crippen LogP contribution in [0.1, 0.15) is 51.6 Å². The zero-order valence-corrected chi connectivity index (χ0v) is 16.3. The van der Waals surface area contributed by atoms with Crippen molar-refractivity contribution in [1.29, 1.82) is 0 Å². The maximum atomic E-state index is 12.6. The molecule has 0 aliphatic carbocycles. The van der Waals surface area contributed by atoms with E-state index in [4.69, 9.17) is 9.15 Å². The Morgan fingerprint density at radius 2 is 1.79 bits per heavy atom. The Morgan fingerprint density at radius 3 is 2.46 bits per heavy atom. The number of aromatic nitrogens is 1. The molecule has 1 aromatic heterocycles. The monoisotopic (exact) mass is 377 g/mol. The highest BCUT2D eigenvalue weighted by atomic mass is 16.5. The van der Waals surface area contributed by atoms with Crippen molar-refractivity contribution in [1.82, 2.24) is 4.98 Å². The van der Waals surface area contributed by atoms with Crippen molar-refractivity contribution in [3.05, 3.63) is 76.7 Å². The summed E-state index contributed by atoms with van der Waals surface area (Å²) in [6.07, 6.45) is 1.58. The normalized spacial score (nSPS) is 10.7. The second kappa shape index (κ2) is 8.65. The van der Waals surface area contributed by atoms with Gasteiger partial charge in [-0.2, -0.15) is 0 Å². The van der Waals surface area contributed by atoms with Crippen LogP contribution in [0.15, 0.2) is 52.9 Å². The lowest BCUT2D eigenvalue weighted by molar-refractivity contribution is 0.0467. The fourth-order valence-electron chi connectivity index (χ4n) is 2.98. The van der Waals surface area contributed by atoms with Gasteiger partial charge in [0, 0.05) is 11.1 Å². The van der Waals surface area contributed by atoms with Gasteiger partial charge in [0.05, 0.1) is 0 Å². The van der Waals surface area contributed by atoms with E-state index < -0.39 is 5.97 Å². The Balaban J connectivity index is 1.73. The highest BCUT2D eigenvalue weighted by Gasteiger charge is 2.21. The Bertz CT molecular complexity index is 989. The van der Waals surface area contributed by atoms with Gasteiger partial charge >= 0.3 is 5.97 Å². The van der Waals surface area contributed by atoms with Crippen LogP contribution in [0.2, 0.25) is 0 Å². The molecule has 2 aromatic carbocycles. The summed E-state index contributed by atoms with van der Waals surface area (Å²) in [6, 6.07) is 15.2. The molecule has 0 fully saturated rings. The number of benzene rings is 2. The minimum Gasteiger partial charge on any atom is -0.452 e. The number of carbonyl (C=O) groups excluding carboxylic acids is 2. The molecule has 0 bridgehead atoms. The number of carbonyl (C=O) groups is 2. The molecule has 3 aromatic rings. The summed E-state index contributed by atoms with van der Waals surface area (Å²) < 4.78 is 10.8. The third-order valence-corrected chi connectivity index (χ3v) is 4.61. The largest absolute Gasteiger partial charge is 0.452 e. The van der Waals surface area contributed by atoms with Gasteiger partial charge in [0.2, 0.25) is 11.7 Å². The van der Waals surface area contributed by atoms with E-state index in [1.54, 1.807) is 6.92 Å². The first kappa shape index (κ1) is 19.5. The zero-order chi connectivity index (χ0) is 20.1. The smallest absolute Gasteiger partial charge is 0.361 e. The number of ketones is 1. The molecule has 0 radical (unpaired) electrons. The van der Waals surface area contributed by atoms with Gasteiger partial charge in [-0.1, -0.05) is 44.2 Å². The van der Waals surface area contributed by atoms with Gasteiger partial charge in [-0.25, -0.2) is 9.78 Å². The number of rotatable bonds is 7. The number of ether oxygens (including phenoxy) is 1. The third-order valence-electron chi connectivity index (χ3n) is 4.61. The van der Waals surface area contributed by atoms with Crippen LogP contribution < -0.4 is 0 Å². The van der Waals surface area contributed by atoms with Gasteiger partial charge in [0.25, 0.3) is 0 Å². The Morgan fingerprint density at radius 1 is 1.04 bits per heavy atom. The summed E-state index contributed by atoms with van der Waals surface area (Å²) in [4.78, 5) is 29.3. The molecule has 5 nitrogen and oxygen atoms in total. The van der Waals surface area contributed by atoms with Crippen molar-refractivity contribution in [2.24, 2.45) is 0 Å². The van der Waals surface area contributed by atoms with Crippen LogP contribution in [0.25, 0.3) is 11.5 Å². The molecule has 3 rings (SSSR count). The molecule has 1 heterocycles. The standard InChI is InChI=1S/C23H23NO4/c1-4-16-11-12-17(5-2)19(13-16)20(25)14-27-23(26)21-15(3)28-22(24-21)18-9-7-6-8-10-18/h6-13H,4-5,14H2,1-3H3. The van der Waals surface area contributed by atoms with Crippen LogP contribution in [-0.2, 0) is 17.6 Å². The molecular weight excluding hydrogens is 354 g/mol. The number of esters is 1. The van der Waals surface area contributed by atoms with Crippen LogP contribution in [0.4, 0.5) is 0 Å². The third kappa shape index (κ3) is 4.19. The van der Waals surface area contributed by atoms with Gasteiger partial charge in [0.1, 0.15) is 5.76 Å². The van der Waals surface area contributed by atoms with E-state index in [2.05, 4.69) is 4.98 Å². The van der Waals surface area contributed by atoms with Crippen LogP contribution in [0.3, 0.4) is 0 Å². The van der Waals surface area contributed by atoms with Gasteiger partial charge < -0.3 is 9.15 Å². The van der Waals surface area contributed by atoms with E-state index in [9.17, 15) is 9.59 Å². The number of Topliss-reactive ketones (excluding diaryl/α,β-unsaturated/α-hetero) is 1. The van der Waals surface area contributed by atoms with Crippen LogP contribution in [0.5, 0.6) is 0 Å². The Hall–Kier alpha value is -3.21. The maximum Gasteiger partial charge on any atom is 0.361 e. The molecule has 0 unspecified atom stereocenters. The average molecular weight is 377 g/mol. The lowest BCUT2D eigenvalue weighted by atomic mass is 9.98. The predicted molar refractivity (Wildman–Crippen MR) is 106 cm³/mol. The van der Waals surface area contributed by atoms with Crippen molar-refractivity contribution >= 4 is 11.8 Å². The Kier molecular flexibility index (Phi) is 6.04. The summed E-state index contributed by atoms with van der Waals surface area (Å²) >= 11 is 0.